The van der Waals surface area contributed by atoms with Gasteiger partial charge in [-0.3, -0.25) is 4.68 Å². The van der Waals surface area contributed by atoms with Crippen molar-refractivity contribution < 1.29 is 0 Å². The molecule has 0 saturated heterocycles. The van der Waals surface area contributed by atoms with E-state index in [0.717, 1.165) is 28.6 Å². The molecule has 4 aromatic heterocycles. The Kier molecular flexibility index (Phi) is 3.94. The van der Waals surface area contributed by atoms with Gasteiger partial charge in [0.25, 0.3) is 0 Å². The first kappa shape index (κ1) is 16.2. The van der Waals surface area contributed by atoms with Crippen LogP contribution in [0.1, 0.15) is 36.0 Å². The molecule has 8 heteroatoms. The van der Waals surface area contributed by atoms with Crippen LogP contribution in [0.25, 0.3) is 15.9 Å². The van der Waals surface area contributed by atoms with Crippen molar-refractivity contribution in [1.29, 1.82) is 0 Å². The molecule has 0 bridgehead atoms. The Bertz CT molecular complexity index is 1090. The molecule has 4 heterocycles. The topological polar surface area (TPSA) is 60.9 Å². The fraction of sp³-hybridized carbons (Fsp3) is 0.444. The van der Waals surface area contributed by atoms with Gasteiger partial charge in [0.1, 0.15) is 11.2 Å². The molecule has 1 aliphatic carbocycles. The van der Waals surface area contributed by atoms with Crippen molar-refractivity contribution in [3.05, 3.63) is 40.0 Å². The third-order valence-corrected chi connectivity index (χ3v) is 6.63. The molecule has 1 aliphatic rings. The van der Waals surface area contributed by atoms with Crippen molar-refractivity contribution in [1.82, 2.24) is 29.4 Å². The lowest BCUT2D eigenvalue weighted by molar-refractivity contribution is 0.451. The maximum absolute atomic E-state index is 5.92. The van der Waals surface area contributed by atoms with E-state index < -0.39 is 0 Å². The molecule has 0 amide bonds. The van der Waals surface area contributed by atoms with Crippen molar-refractivity contribution in [3.63, 3.8) is 0 Å². The quantitative estimate of drug-likeness (QED) is 0.532. The summed E-state index contributed by atoms with van der Waals surface area (Å²) in [5.41, 5.74) is 2.39. The molecule has 0 spiro atoms. The number of halogens is 1. The predicted octanol–water partition coefficient (Wildman–Crippen LogP) is 3.95. The molecule has 4 aromatic rings. The summed E-state index contributed by atoms with van der Waals surface area (Å²) < 4.78 is 3.64. The van der Waals surface area contributed by atoms with E-state index in [-0.39, 0.29) is 0 Å². The minimum absolute atomic E-state index is 0.647. The molecule has 1 atom stereocenters. The van der Waals surface area contributed by atoms with Gasteiger partial charge in [-0.1, -0.05) is 24.9 Å². The summed E-state index contributed by atoms with van der Waals surface area (Å²) in [6.07, 6.45) is 10.8. The molecule has 0 aliphatic heterocycles. The van der Waals surface area contributed by atoms with E-state index >= 15 is 0 Å². The highest BCUT2D eigenvalue weighted by Gasteiger charge is 2.24. The molecular weight excluding hydrogens is 368 g/mol. The second-order valence-electron chi connectivity index (χ2n) is 6.91. The van der Waals surface area contributed by atoms with Crippen LogP contribution >= 0.6 is 22.9 Å². The van der Waals surface area contributed by atoms with Gasteiger partial charge in [-0.05, 0) is 30.7 Å². The number of aryl methyl sites for hydroxylation is 3. The molecule has 0 saturated carbocycles. The fourth-order valence-electron chi connectivity index (χ4n) is 3.82. The second kappa shape index (κ2) is 6.32. The number of thiophene rings is 1. The first-order valence-corrected chi connectivity index (χ1v) is 10.2. The van der Waals surface area contributed by atoms with Crippen LogP contribution in [0, 0.1) is 5.92 Å². The summed E-state index contributed by atoms with van der Waals surface area (Å²) in [5.74, 6) is 1.62. The van der Waals surface area contributed by atoms with Gasteiger partial charge in [0.2, 0.25) is 0 Å². The minimum atomic E-state index is 0.647. The Morgan fingerprint density at radius 1 is 1.38 bits per heavy atom. The van der Waals surface area contributed by atoms with Crippen LogP contribution in [0.2, 0.25) is 5.02 Å². The molecule has 0 radical (unpaired) electrons. The van der Waals surface area contributed by atoms with Crippen LogP contribution < -0.4 is 0 Å². The Morgan fingerprint density at radius 2 is 2.31 bits per heavy atom. The van der Waals surface area contributed by atoms with E-state index in [1.54, 1.807) is 12.5 Å². The first-order chi connectivity index (χ1) is 12.7. The third kappa shape index (κ3) is 2.70. The van der Waals surface area contributed by atoms with Crippen LogP contribution in [0.4, 0.5) is 0 Å². The van der Waals surface area contributed by atoms with Crippen LogP contribution in [-0.4, -0.2) is 29.4 Å². The minimum Gasteiger partial charge on any atom is -0.271 e. The average molecular weight is 387 g/mol. The highest BCUT2D eigenvalue weighted by molar-refractivity contribution is 7.19. The van der Waals surface area contributed by atoms with Gasteiger partial charge in [-0.25, -0.2) is 14.5 Å². The zero-order valence-electron chi connectivity index (χ0n) is 14.5. The average Bonchev–Trinajstić information content (AvgIpc) is 3.34. The lowest BCUT2D eigenvalue weighted by atomic mass is 9.86. The summed E-state index contributed by atoms with van der Waals surface area (Å²) in [4.78, 5) is 12.1. The second-order valence-corrected chi connectivity index (χ2v) is 8.43. The van der Waals surface area contributed by atoms with Crippen LogP contribution in [0.15, 0.2) is 18.7 Å². The lowest BCUT2D eigenvalue weighted by Crippen LogP contribution is -2.11. The Hall–Kier alpha value is -1.99. The number of hydrogen-bond donors (Lipinski definition) is 0. The number of hydrogen-bond acceptors (Lipinski definition) is 5. The van der Waals surface area contributed by atoms with Gasteiger partial charge in [-0.15, -0.1) is 16.4 Å². The molecule has 0 N–H and O–H groups in total. The summed E-state index contributed by atoms with van der Waals surface area (Å²) in [6.45, 7) is 3.00. The maximum Gasteiger partial charge on any atom is 0.167 e. The lowest BCUT2D eigenvalue weighted by Gasteiger charge is -2.20. The third-order valence-electron chi connectivity index (χ3n) is 5.28. The van der Waals surface area contributed by atoms with E-state index in [1.165, 1.54) is 35.1 Å². The Labute approximate surface area is 159 Å². The summed E-state index contributed by atoms with van der Waals surface area (Å²) in [7, 11) is 0. The van der Waals surface area contributed by atoms with Gasteiger partial charge in [-0.2, -0.15) is 5.10 Å². The van der Waals surface area contributed by atoms with Gasteiger partial charge in [0.15, 0.2) is 11.5 Å². The highest BCUT2D eigenvalue weighted by atomic mass is 35.5. The first-order valence-electron chi connectivity index (χ1n) is 9.03. The van der Waals surface area contributed by atoms with Gasteiger partial charge >= 0.3 is 0 Å². The van der Waals surface area contributed by atoms with Crippen LogP contribution in [0.3, 0.4) is 0 Å². The number of rotatable bonds is 4. The summed E-state index contributed by atoms with van der Waals surface area (Å²) >= 11 is 7.76. The van der Waals surface area contributed by atoms with Gasteiger partial charge in [0, 0.05) is 24.0 Å². The smallest absolute Gasteiger partial charge is 0.167 e. The number of nitrogens with zero attached hydrogens (tertiary/aromatic N) is 6. The molecular formula is C18H19ClN6S. The van der Waals surface area contributed by atoms with Crippen molar-refractivity contribution >= 4 is 38.8 Å². The molecule has 134 valence electrons. The van der Waals surface area contributed by atoms with E-state index in [2.05, 4.69) is 22.1 Å². The van der Waals surface area contributed by atoms with Gasteiger partial charge in [0.05, 0.1) is 16.6 Å². The van der Waals surface area contributed by atoms with E-state index in [1.807, 2.05) is 26.7 Å². The number of aromatic nitrogens is 6. The Balaban J connectivity index is 1.51. The summed E-state index contributed by atoms with van der Waals surface area (Å²) in [6, 6.07) is 0. The highest BCUT2D eigenvalue weighted by Crippen LogP contribution is 2.39. The van der Waals surface area contributed by atoms with Crippen molar-refractivity contribution in [3.8, 4) is 0 Å². The summed E-state index contributed by atoms with van der Waals surface area (Å²) in [5, 5.41) is 10.7. The molecule has 0 unspecified atom stereocenters. The van der Waals surface area contributed by atoms with Crippen LogP contribution in [-0.2, 0) is 25.8 Å². The standard InChI is InChI=1S/C18H19ClN6S/c1-2-11-3-4-13-14(7-11)26-18-16(13)17-22-15(23-25(17)10-20-18)5-6-24-9-12(19)8-21-24/h8-11H,2-7H2,1H3/t11-/m1/s1. The predicted molar refractivity (Wildman–Crippen MR) is 103 cm³/mol. The number of fused-ring (bicyclic) bond motifs is 5. The normalized spacial score (nSPS) is 17.2. The maximum atomic E-state index is 5.92. The van der Waals surface area contributed by atoms with Gasteiger partial charge < -0.3 is 0 Å². The zero-order chi connectivity index (χ0) is 17.7. The van der Waals surface area contributed by atoms with Crippen molar-refractivity contribution in [2.24, 2.45) is 5.92 Å². The monoisotopic (exact) mass is 386 g/mol. The zero-order valence-corrected chi connectivity index (χ0v) is 16.1. The molecule has 5 rings (SSSR count). The molecule has 6 nitrogen and oxygen atoms in total. The molecule has 0 aromatic carbocycles. The largest absolute Gasteiger partial charge is 0.271 e. The SMILES string of the molecule is CC[C@@H]1CCc2c(sc3ncn4nc(CCn5cc(Cl)cn5)nc4c23)C1. The molecule has 26 heavy (non-hydrogen) atoms. The Morgan fingerprint density at radius 3 is 3.12 bits per heavy atom. The van der Waals surface area contributed by atoms with E-state index in [9.17, 15) is 0 Å². The van der Waals surface area contributed by atoms with E-state index in [0.29, 0.717) is 18.0 Å². The van der Waals surface area contributed by atoms with Crippen LogP contribution in [0.5, 0.6) is 0 Å². The van der Waals surface area contributed by atoms with Crippen molar-refractivity contribution in [2.45, 2.75) is 45.6 Å². The van der Waals surface area contributed by atoms with Crippen molar-refractivity contribution in [2.75, 3.05) is 0 Å². The van der Waals surface area contributed by atoms with E-state index in [4.69, 9.17) is 16.6 Å². The fourth-order valence-corrected chi connectivity index (χ4v) is 5.27. The molecule has 0 fully saturated rings.